The van der Waals surface area contributed by atoms with E-state index >= 15 is 0 Å². The predicted octanol–water partition coefficient (Wildman–Crippen LogP) is 2.06. The van der Waals surface area contributed by atoms with Crippen LogP contribution >= 0.6 is 0 Å². The van der Waals surface area contributed by atoms with Crippen LogP contribution in [0.2, 0.25) is 0 Å². The highest BCUT2D eigenvalue weighted by molar-refractivity contribution is 7.89. The minimum absolute atomic E-state index is 0.211. The number of nitrogens with zero attached hydrogens (tertiary/aromatic N) is 2. The van der Waals surface area contributed by atoms with E-state index in [1.165, 1.54) is 34.9 Å². The molecule has 0 bridgehead atoms. The van der Waals surface area contributed by atoms with Crippen molar-refractivity contribution in [2.75, 3.05) is 18.4 Å². The first kappa shape index (κ1) is 18.3. The number of aryl methyl sites for hydroxylation is 1. The average Bonchev–Trinajstić information content (AvgIpc) is 2.64. The topological polar surface area (TPSA) is 93.4 Å². The largest absolute Gasteiger partial charge is 0.619 e. The highest BCUT2D eigenvalue weighted by Gasteiger charge is 2.27. The zero-order chi connectivity index (χ0) is 18.7. The highest BCUT2D eigenvalue weighted by Crippen LogP contribution is 2.26. The summed E-state index contributed by atoms with van der Waals surface area (Å²) in [6.07, 6.45) is 5.24. The first-order chi connectivity index (χ1) is 12.4. The van der Waals surface area contributed by atoms with Crippen molar-refractivity contribution in [3.63, 3.8) is 0 Å². The lowest BCUT2D eigenvalue weighted by atomic mass is 10.2. The third kappa shape index (κ3) is 3.86. The Balaban J connectivity index is 1.85. The van der Waals surface area contributed by atoms with Crippen LogP contribution in [0.1, 0.15) is 35.2 Å². The summed E-state index contributed by atoms with van der Waals surface area (Å²) in [4.78, 5) is 12.5. The van der Waals surface area contributed by atoms with Crippen LogP contribution in [0, 0.1) is 12.1 Å². The van der Waals surface area contributed by atoms with Crippen LogP contribution in [0.25, 0.3) is 0 Å². The Kier molecular flexibility index (Phi) is 5.24. The Labute approximate surface area is 152 Å². The van der Waals surface area contributed by atoms with Gasteiger partial charge in [0.25, 0.3) is 5.91 Å². The van der Waals surface area contributed by atoms with Crippen LogP contribution < -0.4 is 10.0 Å². The normalized spacial score (nSPS) is 15.6. The number of carbonyl (C=O) groups excluding carboxylic acids is 1. The number of rotatable bonds is 4. The summed E-state index contributed by atoms with van der Waals surface area (Å²) >= 11 is 0. The fraction of sp³-hybridized carbons (Fsp3) is 0.333. The predicted molar refractivity (Wildman–Crippen MR) is 97.1 cm³/mol. The number of amides is 1. The molecule has 0 saturated carbocycles. The van der Waals surface area contributed by atoms with Crippen molar-refractivity contribution in [2.45, 2.75) is 31.1 Å². The van der Waals surface area contributed by atoms with Gasteiger partial charge in [-0.05, 0) is 37.5 Å². The number of benzene rings is 1. The fourth-order valence-electron chi connectivity index (χ4n) is 2.97. The number of hydrogen-bond donors (Lipinski definition) is 1. The van der Waals surface area contributed by atoms with Gasteiger partial charge in [0.05, 0.1) is 10.5 Å². The second-order valence-electron chi connectivity index (χ2n) is 6.35. The van der Waals surface area contributed by atoms with Crippen LogP contribution in [0.15, 0.2) is 47.6 Å². The van der Waals surface area contributed by atoms with Crippen molar-refractivity contribution in [1.29, 1.82) is 0 Å². The van der Waals surface area contributed by atoms with Crippen molar-refractivity contribution in [1.82, 2.24) is 4.31 Å². The molecule has 3 rings (SSSR count). The van der Waals surface area contributed by atoms with E-state index in [0.717, 1.165) is 19.3 Å². The standard InChI is InChI=1S/C18H21N3O4S/c1-14-5-6-16(19-18(22)15-7-11-20(23)12-8-15)13-17(14)26(24,25)21-9-3-2-4-10-21/h5-8,11-13H,2-4,9-10H2,1H3,(H,19,22). The van der Waals surface area contributed by atoms with E-state index in [4.69, 9.17) is 0 Å². The molecule has 26 heavy (non-hydrogen) atoms. The number of nitrogens with one attached hydrogen (secondary N) is 1. The van der Waals surface area contributed by atoms with Crippen molar-refractivity contribution in [3.8, 4) is 0 Å². The molecule has 0 radical (unpaired) electrons. The molecular formula is C18H21N3O4S. The van der Waals surface area contributed by atoms with Gasteiger partial charge in [0.2, 0.25) is 10.0 Å². The lowest BCUT2D eigenvalue weighted by molar-refractivity contribution is -0.605. The molecule has 1 N–H and O–H groups in total. The third-order valence-electron chi connectivity index (χ3n) is 4.44. The Morgan fingerprint density at radius 3 is 2.42 bits per heavy atom. The number of hydrogen-bond acceptors (Lipinski definition) is 4. The number of pyridine rings is 1. The highest BCUT2D eigenvalue weighted by atomic mass is 32.2. The van der Waals surface area contributed by atoms with Gasteiger partial charge < -0.3 is 10.5 Å². The van der Waals surface area contributed by atoms with Gasteiger partial charge >= 0.3 is 0 Å². The molecule has 1 saturated heterocycles. The fourth-order valence-corrected chi connectivity index (χ4v) is 4.74. The molecule has 1 aromatic carbocycles. The maximum atomic E-state index is 12.9. The zero-order valence-electron chi connectivity index (χ0n) is 14.5. The van der Waals surface area contributed by atoms with Crippen molar-refractivity contribution in [3.05, 3.63) is 59.1 Å². The molecule has 0 atom stereocenters. The molecule has 7 nitrogen and oxygen atoms in total. The Morgan fingerprint density at radius 1 is 1.12 bits per heavy atom. The van der Waals surface area contributed by atoms with Crippen molar-refractivity contribution < 1.29 is 17.9 Å². The van der Waals surface area contributed by atoms with Gasteiger partial charge in [-0.15, -0.1) is 0 Å². The molecule has 2 aromatic rings. The smallest absolute Gasteiger partial charge is 0.256 e. The minimum atomic E-state index is -3.58. The maximum Gasteiger partial charge on any atom is 0.256 e. The van der Waals surface area contributed by atoms with Gasteiger partial charge in [0, 0.05) is 30.9 Å². The molecule has 2 heterocycles. The van der Waals surface area contributed by atoms with Crippen LogP contribution in [-0.4, -0.2) is 31.7 Å². The van der Waals surface area contributed by atoms with Gasteiger partial charge in [-0.25, -0.2) is 8.42 Å². The Morgan fingerprint density at radius 2 is 1.77 bits per heavy atom. The van der Waals surface area contributed by atoms with Gasteiger partial charge in [0.15, 0.2) is 12.4 Å². The summed E-state index contributed by atoms with van der Waals surface area (Å²) in [6, 6.07) is 7.65. The lowest BCUT2D eigenvalue weighted by Crippen LogP contribution is -2.36. The van der Waals surface area contributed by atoms with Crippen LogP contribution in [0.5, 0.6) is 0 Å². The SMILES string of the molecule is Cc1ccc(NC(=O)c2cc[n+]([O-])cc2)cc1S(=O)(=O)N1CCCCC1. The molecule has 0 aliphatic carbocycles. The van der Waals surface area contributed by atoms with Gasteiger partial charge in [-0.1, -0.05) is 12.5 Å². The second kappa shape index (κ2) is 7.43. The van der Waals surface area contributed by atoms with Gasteiger partial charge in [-0.3, -0.25) is 4.79 Å². The summed E-state index contributed by atoms with van der Waals surface area (Å²) < 4.78 is 28.0. The molecule has 1 aliphatic rings. The molecule has 1 aliphatic heterocycles. The van der Waals surface area contributed by atoms with Gasteiger partial charge in [-0.2, -0.15) is 9.04 Å². The summed E-state index contributed by atoms with van der Waals surface area (Å²) in [5, 5.41) is 13.7. The first-order valence-corrected chi connectivity index (χ1v) is 9.93. The molecule has 138 valence electrons. The lowest BCUT2D eigenvalue weighted by Gasteiger charge is -2.26. The monoisotopic (exact) mass is 375 g/mol. The molecule has 0 spiro atoms. The van der Waals surface area contributed by atoms with E-state index in [9.17, 15) is 18.4 Å². The zero-order valence-corrected chi connectivity index (χ0v) is 15.3. The molecular weight excluding hydrogens is 354 g/mol. The van der Waals surface area contributed by atoms with Crippen molar-refractivity contribution >= 4 is 21.6 Å². The maximum absolute atomic E-state index is 12.9. The van der Waals surface area contributed by atoms with Crippen LogP contribution in [-0.2, 0) is 10.0 Å². The second-order valence-corrected chi connectivity index (χ2v) is 8.25. The summed E-state index contributed by atoms with van der Waals surface area (Å²) in [5.41, 5.74) is 1.36. The number of carbonyl (C=O) groups is 1. The van der Waals surface area contributed by atoms with Crippen LogP contribution in [0.3, 0.4) is 0 Å². The summed E-state index contributed by atoms with van der Waals surface area (Å²) in [5.74, 6) is -0.407. The van der Waals surface area contributed by atoms with Crippen LogP contribution in [0.4, 0.5) is 5.69 Å². The van der Waals surface area contributed by atoms with E-state index in [2.05, 4.69) is 5.32 Å². The van der Waals surface area contributed by atoms with E-state index < -0.39 is 15.9 Å². The molecule has 1 amide bonds. The Hall–Kier alpha value is -2.45. The minimum Gasteiger partial charge on any atom is -0.619 e. The van der Waals surface area contributed by atoms with E-state index in [1.807, 2.05) is 0 Å². The average molecular weight is 375 g/mol. The van der Waals surface area contributed by atoms with Gasteiger partial charge in [0.1, 0.15) is 0 Å². The molecule has 8 heteroatoms. The quantitative estimate of drug-likeness (QED) is 0.654. The molecule has 1 aromatic heterocycles. The number of anilines is 1. The summed E-state index contributed by atoms with van der Waals surface area (Å²) in [7, 11) is -3.58. The molecule has 0 unspecified atom stereocenters. The van der Waals surface area contributed by atoms with E-state index in [0.29, 0.717) is 34.6 Å². The van der Waals surface area contributed by atoms with E-state index in [1.54, 1.807) is 19.1 Å². The molecule has 1 fully saturated rings. The first-order valence-electron chi connectivity index (χ1n) is 8.49. The third-order valence-corrected chi connectivity index (χ3v) is 6.48. The van der Waals surface area contributed by atoms with E-state index in [-0.39, 0.29) is 4.90 Å². The van der Waals surface area contributed by atoms with Crippen molar-refractivity contribution in [2.24, 2.45) is 0 Å². The Bertz CT molecular complexity index is 905. The number of sulfonamides is 1. The number of piperidine rings is 1. The number of aromatic nitrogens is 1. The summed E-state index contributed by atoms with van der Waals surface area (Å²) in [6.45, 7) is 2.79.